The third kappa shape index (κ3) is 3.62. The maximum Gasteiger partial charge on any atom is 0.108 e. The molecule has 0 aliphatic rings. The van der Waals surface area contributed by atoms with Crippen LogP contribution >= 0.6 is 0 Å². The fraction of sp³-hybridized carbons (Fsp3) is 0.727. The van der Waals surface area contributed by atoms with Gasteiger partial charge in [-0.25, -0.2) is 4.98 Å². The summed E-state index contributed by atoms with van der Waals surface area (Å²) in [6, 6.07) is 0. The van der Waals surface area contributed by atoms with Gasteiger partial charge < -0.3 is 4.57 Å². The minimum absolute atomic E-state index is 1.13. The maximum absolute atomic E-state index is 4.30. The molecule has 1 aromatic rings. The molecular weight excluding hydrogens is 160 g/mol. The average molecular weight is 180 g/mol. The summed E-state index contributed by atoms with van der Waals surface area (Å²) in [6.07, 6.45) is 11.7. The highest BCUT2D eigenvalue weighted by atomic mass is 15.0. The Labute approximate surface area is 81.0 Å². The molecule has 1 heterocycles. The van der Waals surface area contributed by atoms with Gasteiger partial charge in [0.05, 0.1) is 0 Å². The van der Waals surface area contributed by atoms with Crippen LogP contribution in [0, 0.1) is 0 Å². The molecule has 13 heavy (non-hydrogen) atoms. The number of nitrogens with zero attached hydrogens (tertiary/aromatic N) is 2. The van der Waals surface area contributed by atoms with Gasteiger partial charge in [-0.2, -0.15) is 0 Å². The molecule has 2 nitrogen and oxygen atoms in total. The zero-order valence-electron chi connectivity index (χ0n) is 8.79. The second-order valence-electron chi connectivity index (χ2n) is 3.62. The van der Waals surface area contributed by atoms with Crippen molar-refractivity contribution in [1.29, 1.82) is 0 Å². The van der Waals surface area contributed by atoms with Crippen LogP contribution in [-0.4, -0.2) is 9.55 Å². The second-order valence-corrected chi connectivity index (χ2v) is 3.62. The van der Waals surface area contributed by atoms with E-state index < -0.39 is 0 Å². The Hall–Kier alpha value is -0.790. The van der Waals surface area contributed by atoms with Gasteiger partial charge in [-0.1, -0.05) is 32.6 Å². The fourth-order valence-electron chi connectivity index (χ4n) is 1.52. The molecule has 0 unspecified atom stereocenters. The molecule has 1 rings (SSSR count). The monoisotopic (exact) mass is 180 g/mol. The summed E-state index contributed by atoms with van der Waals surface area (Å²) in [6.45, 7) is 2.25. The number of rotatable bonds is 6. The van der Waals surface area contributed by atoms with E-state index in [1.165, 1.54) is 37.9 Å². The minimum atomic E-state index is 1.13. The summed E-state index contributed by atoms with van der Waals surface area (Å²) in [5.41, 5.74) is 0. The molecule has 74 valence electrons. The van der Waals surface area contributed by atoms with Gasteiger partial charge in [0.25, 0.3) is 0 Å². The molecule has 0 bridgehead atoms. The molecule has 0 radical (unpaired) electrons. The smallest absolute Gasteiger partial charge is 0.108 e. The molecule has 0 atom stereocenters. The van der Waals surface area contributed by atoms with E-state index in [0.717, 1.165) is 6.42 Å². The van der Waals surface area contributed by atoms with Gasteiger partial charge in [0, 0.05) is 25.9 Å². The van der Waals surface area contributed by atoms with Crippen molar-refractivity contribution in [3.63, 3.8) is 0 Å². The Morgan fingerprint density at radius 2 is 2.00 bits per heavy atom. The predicted molar refractivity (Wildman–Crippen MR) is 55.7 cm³/mol. The molecule has 0 saturated carbocycles. The van der Waals surface area contributed by atoms with Crippen LogP contribution in [0.2, 0.25) is 0 Å². The quantitative estimate of drug-likeness (QED) is 0.615. The Morgan fingerprint density at radius 1 is 1.23 bits per heavy atom. The molecule has 2 heteroatoms. The van der Waals surface area contributed by atoms with E-state index in [2.05, 4.69) is 23.5 Å². The van der Waals surface area contributed by atoms with Crippen molar-refractivity contribution in [2.45, 2.75) is 45.4 Å². The Morgan fingerprint density at radius 3 is 2.62 bits per heavy atom. The molecule has 0 spiro atoms. The SMILES string of the molecule is CCCCCCCc1nccn1C. The van der Waals surface area contributed by atoms with Crippen LogP contribution in [0.4, 0.5) is 0 Å². The van der Waals surface area contributed by atoms with Gasteiger partial charge in [0.1, 0.15) is 5.82 Å². The van der Waals surface area contributed by atoms with Crippen LogP contribution in [0.1, 0.15) is 44.9 Å². The number of aromatic nitrogens is 2. The van der Waals surface area contributed by atoms with Crippen LogP contribution in [0.15, 0.2) is 12.4 Å². The van der Waals surface area contributed by atoms with Crippen LogP contribution < -0.4 is 0 Å². The number of aryl methyl sites for hydroxylation is 2. The lowest BCUT2D eigenvalue weighted by Gasteiger charge is -2.01. The summed E-state index contributed by atoms with van der Waals surface area (Å²) in [5, 5.41) is 0. The zero-order valence-corrected chi connectivity index (χ0v) is 8.79. The first-order chi connectivity index (χ1) is 6.34. The average Bonchev–Trinajstić information content (AvgIpc) is 2.52. The van der Waals surface area contributed by atoms with E-state index in [1.807, 2.05) is 12.4 Å². The number of hydrogen-bond acceptors (Lipinski definition) is 1. The molecule has 0 aromatic carbocycles. The van der Waals surface area contributed by atoms with E-state index in [-0.39, 0.29) is 0 Å². The van der Waals surface area contributed by atoms with Crippen LogP contribution in [-0.2, 0) is 13.5 Å². The van der Waals surface area contributed by atoms with Gasteiger partial charge >= 0.3 is 0 Å². The van der Waals surface area contributed by atoms with Crippen molar-refractivity contribution in [1.82, 2.24) is 9.55 Å². The first kappa shape index (κ1) is 10.3. The van der Waals surface area contributed by atoms with E-state index in [1.54, 1.807) is 0 Å². The Balaban J connectivity index is 2.10. The zero-order chi connectivity index (χ0) is 9.52. The maximum atomic E-state index is 4.30. The Bertz CT molecular complexity index is 228. The molecule has 1 aromatic heterocycles. The lowest BCUT2D eigenvalue weighted by atomic mass is 10.1. The molecule has 0 amide bonds. The highest BCUT2D eigenvalue weighted by Gasteiger charge is 1.97. The standard InChI is InChI=1S/C11H20N2/c1-3-4-5-6-7-8-11-12-9-10-13(11)2/h9-10H,3-8H2,1-2H3. The van der Waals surface area contributed by atoms with Gasteiger partial charge in [-0.3, -0.25) is 0 Å². The summed E-state index contributed by atoms with van der Waals surface area (Å²) >= 11 is 0. The molecular formula is C11H20N2. The van der Waals surface area contributed by atoms with Crippen molar-refractivity contribution >= 4 is 0 Å². The lowest BCUT2D eigenvalue weighted by molar-refractivity contribution is 0.614. The highest BCUT2D eigenvalue weighted by molar-refractivity contribution is 4.90. The van der Waals surface area contributed by atoms with Gasteiger partial charge in [-0.15, -0.1) is 0 Å². The third-order valence-electron chi connectivity index (χ3n) is 2.42. The normalized spacial score (nSPS) is 10.6. The van der Waals surface area contributed by atoms with Crippen molar-refractivity contribution in [3.8, 4) is 0 Å². The third-order valence-corrected chi connectivity index (χ3v) is 2.42. The van der Waals surface area contributed by atoms with Crippen molar-refractivity contribution in [2.24, 2.45) is 7.05 Å². The van der Waals surface area contributed by atoms with E-state index in [9.17, 15) is 0 Å². The minimum Gasteiger partial charge on any atom is -0.338 e. The summed E-state index contributed by atoms with van der Waals surface area (Å²) in [7, 11) is 2.06. The first-order valence-electron chi connectivity index (χ1n) is 5.30. The van der Waals surface area contributed by atoms with Crippen LogP contribution in [0.25, 0.3) is 0 Å². The largest absolute Gasteiger partial charge is 0.338 e. The Kier molecular flexibility index (Phi) is 4.58. The van der Waals surface area contributed by atoms with Crippen LogP contribution in [0.5, 0.6) is 0 Å². The van der Waals surface area contributed by atoms with E-state index in [0.29, 0.717) is 0 Å². The molecule has 0 fully saturated rings. The van der Waals surface area contributed by atoms with E-state index >= 15 is 0 Å². The van der Waals surface area contributed by atoms with Gasteiger partial charge in [0.2, 0.25) is 0 Å². The summed E-state index contributed by atoms with van der Waals surface area (Å²) < 4.78 is 2.11. The number of unbranched alkanes of at least 4 members (excludes halogenated alkanes) is 4. The van der Waals surface area contributed by atoms with Crippen molar-refractivity contribution in [3.05, 3.63) is 18.2 Å². The van der Waals surface area contributed by atoms with E-state index in [4.69, 9.17) is 0 Å². The topological polar surface area (TPSA) is 17.8 Å². The summed E-state index contributed by atoms with van der Waals surface area (Å²) in [4.78, 5) is 4.30. The molecule has 0 aliphatic carbocycles. The van der Waals surface area contributed by atoms with Gasteiger partial charge in [-0.05, 0) is 6.42 Å². The highest BCUT2D eigenvalue weighted by Crippen LogP contribution is 2.06. The number of hydrogen-bond donors (Lipinski definition) is 0. The molecule has 0 saturated heterocycles. The molecule has 0 N–H and O–H groups in total. The summed E-state index contributed by atoms with van der Waals surface area (Å²) in [5.74, 6) is 1.22. The second kappa shape index (κ2) is 5.79. The fourth-order valence-corrected chi connectivity index (χ4v) is 1.52. The number of imidazole rings is 1. The van der Waals surface area contributed by atoms with Crippen LogP contribution in [0.3, 0.4) is 0 Å². The van der Waals surface area contributed by atoms with Crippen molar-refractivity contribution < 1.29 is 0 Å². The first-order valence-corrected chi connectivity index (χ1v) is 5.30. The lowest BCUT2D eigenvalue weighted by Crippen LogP contribution is -1.96. The predicted octanol–water partition coefficient (Wildman–Crippen LogP) is 2.93. The van der Waals surface area contributed by atoms with Gasteiger partial charge in [0.15, 0.2) is 0 Å². The molecule has 0 aliphatic heterocycles. The van der Waals surface area contributed by atoms with Crippen molar-refractivity contribution in [2.75, 3.05) is 0 Å².